The average molecular weight is 263 g/mol. The van der Waals surface area contributed by atoms with Crippen molar-refractivity contribution in [1.82, 2.24) is 0 Å². The summed E-state index contributed by atoms with van der Waals surface area (Å²) in [7, 11) is 0. The first kappa shape index (κ1) is 11.3. The number of carbonyl (C=O) groups excluding carboxylic acids is 1. The van der Waals surface area contributed by atoms with Gasteiger partial charge in [0.25, 0.3) is 0 Å². The van der Waals surface area contributed by atoms with Crippen LogP contribution in [0, 0.1) is 38.2 Å². The van der Waals surface area contributed by atoms with Gasteiger partial charge in [-0.15, -0.1) is 0 Å². The van der Waals surface area contributed by atoms with Gasteiger partial charge in [0.1, 0.15) is 0 Å². The Bertz CT molecular complexity index is 103. The van der Waals surface area contributed by atoms with Crippen LogP contribution in [0.3, 0.4) is 0 Å². The number of allylic oxidation sites excluding steroid dienone is 2. The summed E-state index contributed by atoms with van der Waals surface area (Å²) in [6, 6.07) is 0. The third-order valence-electron chi connectivity index (χ3n) is 0.412. The number of aliphatic hydroxyl groups excluding tert-OH is 1. The molecule has 0 fully saturated rings. The van der Waals surface area contributed by atoms with Crippen LogP contribution in [0.1, 0.15) is 13.8 Å². The van der Waals surface area contributed by atoms with Crippen LogP contribution in [0.25, 0.3) is 0 Å². The van der Waals surface area contributed by atoms with Crippen molar-refractivity contribution in [1.29, 1.82) is 0 Å². The Balaban J connectivity index is 0. The van der Waals surface area contributed by atoms with E-state index in [1.807, 2.05) is 0 Å². The van der Waals surface area contributed by atoms with Crippen LogP contribution in [0.15, 0.2) is 11.8 Å². The normalized spacial score (nSPS) is 10.0. The molecule has 0 heterocycles. The van der Waals surface area contributed by atoms with E-state index >= 15 is 0 Å². The van der Waals surface area contributed by atoms with Gasteiger partial charge in [-0.1, -0.05) is 0 Å². The van der Waals surface area contributed by atoms with Gasteiger partial charge in [0.2, 0.25) is 0 Å². The van der Waals surface area contributed by atoms with Crippen molar-refractivity contribution < 1.29 is 48.1 Å². The first-order valence-corrected chi connectivity index (χ1v) is 2.01. The SMILES string of the molecule is CC(=O)/C=C(/C)O.[Dy]. The Morgan fingerprint density at radius 2 is 1.88 bits per heavy atom. The van der Waals surface area contributed by atoms with E-state index in [1.54, 1.807) is 0 Å². The van der Waals surface area contributed by atoms with E-state index in [9.17, 15) is 4.79 Å². The molecule has 0 spiro atoms. The van der Waals surface area contributed by atoms with Crippen LogP contribution in [-0.2, 0) is 4.79 Å². The number of carbonyl (C=O) groups is 1. The molecular formula is C5H8DyO2. The summed E-state index contributed by atoms with van der Waals surface area (Å²) in [5.74, 6) is -0.0625. The predicted molar refractivity (Wildman–Crippen MR) is 27.1 cm³/mol. The monoisotopic (exact) mass is 264 g/mol. The molecule has 0 saturated heterocycles. The van der Waals surface area contributed by atoms with Gasteiger partial charge in [-0.3, -0.25) is 4.79 Å². The van der Waals surface area contributed by atoms with Crippen molar-refractivity contribution in [2.24, 2.45) is 0 Å². The molecule has 0 amide bonds. The molecule has 0 aromatic rings. The summed E-state index contributed by atoms with van der Waals surface area (Å²) in [6.07, 6.45) is 1.17. The predicted octanol–water partition coefficient (Wildman–Crippen LogP) is 1.04. The second-order valence-corrected chi connectivity index (χ2v) is 1.40. The fraction of sp³-hybridized carbons (Fsp3) is 0.400. The fourth-order valence-electron chi connectivity index (χ4n) is 0.294. The summed E-state index contributed by atoms with van der Waals surface area (Å²) in [5.41, 5.74) is 0. The maximum Gasteiger partial charge on any atom is 0.155 e. The van der Waals surface area contributed by atoms with Gasteiger partial charge in [-0.25, -0.2) is 0 Å². The first-order valence-electron chi connectivity index (χ1n) is 2.01. The molecule has 0 rings (SSSR count). The van der Waals surface area contributed by atoms with E-state index in [0.717, 1.165) is 0 Å². The molecule has 0 aliphatic rings. The maximum atomic E-state index is 10.0. The second-order valence-electron chi connectivity index (χ2n) is 1.40. The van der Waals surface area contributed by atoms with Crippen LogP contribution in [0.2, 0.25) is 0 Å². The number of hydrogen-bond acceptors (Lipinski definition) is 2. The number of ketones is 1. The Morgan fingerprint density at radius 3 is 1.88 bits per heavy atom. The Kier molecular flexibility index (Phi) is 7.93. The zero-order valence-corrected chi connectivity index (χ0v) is 6.78. The van der Waals surface area contributed by atoms with Crippen molar-refractivity contribution in [3.05, 3.63) is 11.8 Å². The zero-order chi connectivity index (χ0) is 5.86. The maximum absolute atomic E-state index is 10.0. The molecule has 0 aromatic carbocycles. The van der Waals surface area contributed by atoms with Crippen molar-refractivity contribution in [3.8, 4) is 0 Å². The van der Waals surface area contributed by atoms with Crippen molar-refractivity contribution >= 4 is 5.78 Å². The quantitative estimate of drug-likeness (QED) is 0.566. The Labute approximate surface area is 79.0 Å². The summed E-state index contributed by atoms with van der Waals surface area (Å²) in [4.78, 5) is 10.0. The summed E-state index contributed by atoms with van der Waals surface area (Å²) >= 11 is 0. The van der Waals surface area contributed by atoms with Gasteiger partial charge >= 0.3 is 0 Å². The summed E-state index contributed by atoms with van der Waals surface area (Å²) in [6.45, 7) is 2.85. The van der Waals surface area contributed by atoms with Gasteiger partial charge in [-0.2, -0.15) is 0 Å². The van der Waals surface area contributed by atoms with Crippen molar-refractivity contribution in [2.45, 2.75) is 13.8 Å². The van der Waals surface area contributed by atoms with Crippen LogP contribution >= 0.6 is 0 Å². The number of rotatable bonds is 1. The second kappa shape index (κ2) is 5.62. The van der Waals surface area contributed by atoms with E-state index in [1.165, 1.54) is 19.9 Å². The molecule has 0 aliphatic carbocycles. The Hall–Kier alpha value is 0.483. The molecule has 0 aromatic heterocycles. The third kappa shape index (κ3) is 9.70. The van der Waals surface area contributed by atoms with Gasteiger partial charge in [0.05, 0.1) is 5.76 Å². The standard InChI is InChI=1S/C5H8O2.Dy/c1-4(6)3-5(2)7;/h3,6H,1-2H3;/b4-3-;. The number of hydrogen-bond donors (Lipinski definition) is 1. The topological polar surface area (TPSA) is 37.3 Å². The Morgan fingerprint density at radius 1 is 1.50 bits per heavy atom. The van der Waals surface area contributed by atoms with E-state index in [-0.39, 0.29) is 49.7 Å². The minimum Gasteiger partial charge on any atom is -0.512 e. The smallest absolute Gasteiger partial charge is 0.155 e. The van der Waals surface area contributed by atoms with E-state index in [0.29, 0.717) is 0 Å². The van der Waals surface area contributed by atoms with Crippen LogP contribution in [0.5, 0.6) is 0 Å². The van der Waals surface area contributed by atoms with E-state index in [2.05, 4.69) is 0 Å². The minimum atomic E-state index is -0.125. The molecule has 0 saturated carbocycles. The molecule has 0 aliphatic heterocycles. The van der Waals surface area contributed by atoms with Gasteiger partial charge in [0, 0.05) is 44.2 Å². The van der Waals surface area contributed by atoms with Crippen LogP contribution in [0.4, 0.5) is 0 Å². The van der Waals surface area contributed by atoms with Gasteiger partial charge in [0.15, 0.2) is 5.78 Å². The molecule has 3 heteroatoms. The van der Waals surface area contributed by atoms with E-state index in [4.69, 9.17) is 5.11 Å². The molecule has 0 radical (unpaired) electrons. The zero-order valence-electron chi connectivity index (χ0n) is 4.75. The third-order valence-corrected chi connectivity index (χ3v) is 0.412. The van der Waals surface area contributed by atoms with Gasteiger partial charge < -0.3 is 5.11 Å². The average Bonchev–Trinajstić information content (AvgIpc) is 1.27. The van der Waals surface area contributed by atoms with Crippen molar-refractivity contribution in [2.75, 3.05) is 0 Å². The van der Waals surface area contributed by atoms with Crippen LogP contribution in [-0.4, -0.2) is 10.9 Å². The van der Waals surface area contributed by atoms with Crippen LogP contribution < -0.4 is 0 Å². The molecule has 0 unspecified atom stereocenters. The summed E-state index contributed by atoms with van der Waals surface area (Å²) < 4.78 is 0. The molecule has 2 nitrogen and oxygen atoms in total. The summed E-state index contributed by atoms with van der Waals surface area (Å²) in [5, 5.41) is 8.36. The molecule has 0 bridgehead atoms. The molecule has 0 atom stereocenters. The molecular weight excluding hydrogens is 255 g/mol. The molecule has 1 N–H and O–H groups in total. The molecule has 50 valence electrons. The fourth-order valence-corrected chi connectivity index (χ4v) is 0.294. The largest absolute Gasteiger partial charge is 0.512 e. The van der Waals surface area contributed by atoms with Gasteiger partial charge in [-0.05, 0) is 13.8 Å². The first-order chi connectivity index (χ1) is 3.13. The minimum absolute atomic E-state index is 0. The van der Waals surface area contributed by atoms with Crippen molar-refractivity contribution in [3.63, 3.8) is 0 Å². The number of aliphatic hydroxyl groups is 1. The van der Waals surface area contributed by atoms with E-state index < -0.39 is 0 Å². The molecule has 8 heavy (non-hydrogen) atoms.